The van der Waals surface area contributed by atoms with Crippen LogP contribution in [0.3, 0.4) is 0 Å². The molecular weight excluding hydrogens is 312 g/mol. The number of halogens is 1. The van der Waals surface area contributed by atoms with Crippen molar-refractivity contribution >= 4 is 36.0 Å². The van der Waals surface area contributed by atoms with Gasteiger partial charge in [-0.2, -0.15) is 0 Å². The van der Waals surface area contributed by atoms with Crippen LogP contribution < -0.4 is 11.1 Å². The predicted octanol–water partition coefficient (Wildman–Crippen LogP) is 1.90. The summed E-state index contributed by atoms with van der Waals surface area (Å²) in [5.41, 5.74) is 6.39. The quantitative estimate of drug-likeness (QED) is 0.614. The number of thioether (sulfide) groups is 1. The molecular formula is C14H21ClN2O3S. The molecule has 1 unspecified atom stereocenters. The van der Waals surface area contributed by atoms with Gasteiger partial charge in [0.25, 0.3) is 0 Å². The summed E-state index contributed by atoms with van der Waals surface area (Å²) in [6, 6.07) is 6.62. The van der Waals surface area contributed by atoms with E-state index in [0.29, 0.717) is 0 Å². The van der Waals surface area contributed by atoms with Crippen molar-refractivity contribution < 1.29 is 14.3 Å². The highest BCUT2D eigenvalue weighted by Gasteiger charge is 2.20. The molecule has 0 saturated heterocycles. The van der Waals surface area contributed by atoms with Crippen LogP contribution in [-0.2, 0) is 14.3 Å². The predicted molar refractivity (Wildman–Crippen MR) is 86.6 cm³/mol. The van der Waals surface area contributed by atoms with Gasteiger partial charge in [-0.3, -0.25) is 9.59 Å². The van der Waals surface area contributed by atoms with E-state index >= 15 is 0 Å². The number of nitrogens with two attached hydrogens (primary N) is 1. The molecule has 0 heterocycles. The molecule has 0 aliphatic rings. The highest BCUT2D eigenvalue weighted by atomic mass is 35.5. The Kier molecular flexibility index (Phi) is 9.08. The molecule has 1 rings (SSSR count). The molecule has 0 aromatic heterocycles. The third-order valence-corrected chi connectivity index (χ3v) is 3.59. The number of amides is 1. The fourth-order valence-electron chi connectivity index (χ4n) is 1.64. The number of benzene rings is 1. The van der Waals surface area contributed by atoms with E-state index in [-0.39, 0.29) is 30.7 Å². The lowest BCUT2D eigenvalue weighted by Gasteiger charge is -2.19. The fourth-order valence-corrected chi connectivity index (χ4v) is 2.05. The van der Waals surface area contributed by atoms with Crippen LogP contribution in [-0.4, -0.2) is 31.3 Å². The van der Waals surface area contributed by atoms with Gasteiger partial charge in [0.05, 0.1) is 25.6 Å². The molecule has 0 aliphatic carbocycles. The molecule has 0 aliphatic heterocycles. The lowest BCUT2D eigenvalue weighted by Crippen LogP contribution is -2.41. The van der Waals surface area contributed by atoms with Crippen LogP contribution in [0.5, 0.6) is 0 Å². The van der Waals surface area contributed by atoms with Gasteiger partial charge in [0, 0.05) is 4.90 Å². The van der Waals surface area contributed by atoms with E-state index in [1.807, 2.05) is 30.5 Å². The van der Waals surface area contributed by atoms with Gasteiger partial charge in [-0.15, -0.1) is 24.2 Å². The van der Waals surface area contributed by atoms with Crippen molar-refractivity contribution in [2.75, 3.05) is 13.4 Å². The SMILES string of the molecule is COC(=O)CC(NC(=O)[C@H](C)N)c1ccc(SC)cc1.Cl. The van der Waals surface area contributed by atoms with E-state index in [2.05, 4.69) is 10.1 Å². The summed E-state index contributed by atoms with van der Waals surface area (Å²) in [6.45, 7) is 1.60. The summed E-state index contributed by atoms with van der Waals surface area (Å²) in [5, 5.41) is 2.76. The van der Waals surface area contributed by atoms with Gasteiger partial charge in [-0.1, -0.05) is 12.1 Å². The minimum absolute atomic E-state index is 0. The van der Waals surface area contributed by atoms with E-state index in [1.54, 1.807) is 18.7 Å². The fraction of sp³-hybridized carbons (Fsp3) is 0.429. The molecule has 118 valence electrons. The molecule has 0 bridgehead atoms. The molecule has 0 radical (unpaired) electrons. The summed E-state index contributed by atoms with van der Waals surface area (Å²) >= 11 is 1.63. The minimum Gasteiger partial charge on any atom is -0.469 e. The first-order valence-corrected chi connectivity index (χ1v) is 7.47. The first-order chi connectivity index (χ1) is 9.47. The van der Waals surface area contributed by atoms with Gasteiger partial charge in [0.15, 0.2) is 0 Å². The van der Waals surface area contributed by atoms with Crippen molar-refractivity contribution in [1.29, 1.82) is 0 Å². The van der Waals surface area contributed by atoms with Crippen molar-refractivity contribution in [3.05, 3.63) is 29.8 Å². The molecule has 1 amide bonds. The van der Waals surface area contributed by atoms with E-state index in [4.69, 9.17) is 5.73 Å². The number of hydrogen-bond acceptors (Lipinski definition) is 5. The Morgan fingerprint density at radius 3 is 2.33 bits per heavy atom. The number of ether oxygens (including phenoxy) is 1. The summed E-state index contributed by atoms with van der Waals surface area (Å²) in [6.07, 6.45) is 2.06. The monoisotopic (exact) mass is 332 g/mol. The summed E-state index contributed by atoms with van der Waals surface area (Å²) in [4.78, 5) is 24.3. The van der Waals surface area contributed by atoms with Crippen molar-refractivity contribution in [1.82, 2.24) is 5.32 Å². The average Bonchev–Trinajstić information content (AvgIpc) is 2.46. The van der Waals surface area contributed by atoms with E-state index < -0.39 is 12.1 Å². The molecule has 5 nitrogen and oxygen atoms in total. The molecule has 1 aromatic carbocycles. The highest BCUT2D eigenvalue weighted by Crippen LogP contribution is 2.21. The normalized spacial score (nSPS) is 12.8. The zero-order valence-corrected chi connectivity index (χ0v) is 13.9. The molecule has 0 fully saturated rings. The van der Waals surface area contributed by atoms with Gasteiger partial charge in [0.2, 0.25) is 5.91 Å². The standard InChI is InChI=1S/C14H20N2O3S.ClH/c1-9(15)14(18)16-12(8-13(17)19-2)10-4-6-11(20-3)7-5-10;/h4-7,9,12H,8,15H2,1-3H3,(H,16,18);1H/t9-,12?;/m0./s1. The second-order valence-electron chi connectivity index (χ2n) is 4.40. The van der Waals surface area contributed by atoms with Crippen LogP contribution in [0.4, 0.5) is 0 Å². The minimum atomic E-state index is -0.624. The van der Waals surface area contributed by atoms with Crippen LogP contribution in [0.1, 0.15) is 24.9 Å². The largest absolute Gasteiger partial charge is 0.469 e. The Hall–Kier alpha value is -1.24. The van der Waals surface area contributed by atoms with Gasteiger partial charge in [-0.05, 0) is 30.9 Å². The molecule has 7 heteroatoms. The summed E-state index contributed by atoms with van der Waals surface area (Å²) in [7, 11) is 1.32. The smallest absolute Gasteiger partial charge is 0.307 e. The molecule has 0 spiro atoms. The van der Waals surface area contributed by atoms with Gasteiger partial charge in [-0.25, -0.2) is 0 Å². The second-order valence-corrected chi connectivity index (χ2v) is 5.28. The van der Waals surface area contributed by atoms with Crippen LogP contribution in [0.2, 0.25) is 0 Å². The number of methoxy groups -OCH3 is 1. The van der Waals surface area contributed by atoms with Crippen LogP contribution in [0.25, 0.3) is 0 Å². The Morgan fingerprint density at radius 1 is 1.33 bits per heavy atom. The maximum atomic E-state index is 11.7. The van der Waals surface area contributed by atoms with Crippen molar-refractivity contribution in [3.63, 3.8) is 0 Å². The molecule has 1 aromatic rings. The average molecular weight is 333 g/mol. The maximum absolute atomic E-state index is 11.7. The number of nitrogens with one attached hydrogen (secondary N) is 1. The van der Waals surface area contributed by atoms with E-state index in [1.165, 1.54) is 7.11 Å². The molecule has 2 atom stereocenters. The van der Waals surface area contributed by atoms with Crippen LogP contribution >= 0.6 is 24.2 Å². The lowest BCUT2D eigenvalue weighted by molar-refractivity contribution is -0.141. The van der Waals surface area contributed by atoms with Crippen LogP contribution in [0.15, 0.2) is 29.2 Å². The topological polar surface area (TPSA) is 81.4 Å². The number of hydrogen-bond donors (Lipinski definition) is 2. The second kappa shape index (κ2) is 9.65. The number of rotatable bonds is 6. The first-order valence-electron chi connectivity index (χ1n) is 6.24. The number of esters is 1. The van der Waals surface area contributed by atoms with E-state index in [0.717, 1.165) is 10.5 Å². The summed E-state index contributed by atoms with van der Waals surface area (Å²) < 4.78 is 4.66. The Labute approximate surface area is 135 Å². The zero-order valence-electron chi connectivity index (χ0n) is 12.3. The number of carbonyl (C=O) groups excluding carboxylic acids is 2. The molecule has 0 saturated carbocycles. The Bertz CT molecular complexity index is 466. The van der Waals surface area contributed by atoms with Gasteiger partial charge >= 0.3 is 5.97 Å². The summed E-state index contributed by atoms with van der Waals surface area (Å²) in [5.74, 6) is -0.679. The third-order valence-electron chi connectivity index (χ3n) is 2.85. The highest BCUT2D eigenvalue weighted by molar-refractivity contribution is 7.98. The van der Waals surface area contributed by atoms with Gasteiger partial charge < -0.3 is 15.8 Å². The van der Waals surface area contributed by atoms with Crippen molar-refractivity contribution in [2.24, 2.45) is 5.73 Å². The molecule has 3 N–H and O–H groups in total. The van der Waals surface area contributed by atoms with E-state index in [9.17, 15) is 9.59 Å². The van der Waals surface area contributed by atoms with Crippen molar-refractivity contribution in [3.8, 4) is 0 Å². The lowest BCUT2D eigenvalue weighted by atomic mass is 10.0. The van der Waals surface area contributed by atoms with Crippen molar-refractivity contribution in [2.45, 2.75) is 30.3 Å². The third kappa shape index (κ3) is 6.37. The Morgan fingerprint density at radius 2 is 1.90 bits per heavy atom. The van der Waals surface area contributed by atoms with Crippen LogP contribution in [0, 0.1) is 0 Å². The molecule has 21 heavy (non-hydrogen) atoms. The Balaban J connectivity index is 0.00000400. The maximum Gasteiger partial charge on any atom is 0.307 e. The first kappa shape index (κ1) is 19.8. The zero-order chi connectivity index (χ0) is 15.1. The van der Waals surface area contributed by atoms with Gasteiger partial charge in [0.1, 0.15) is 0 Å². The number of carbonyl (C=O) groups is 2.